The number of aldehydes is 1. The Labute approximate surface area is 176 Å². The maximum absolute atomic E-state index is 10.7. The lowest BCUT2D eigenvalue weighted by atomic mass is 10.0. The summed E-state index contributed by atoms with van der Waals surface area (Å²) in [4.78, 5) is 10.7. The first-order chi connectivity index (χ1) is 14.0. The molecule has 0 aromatic heterocycles. The van der Waals surface area contributed by atoms with Crippen molar-refractivity contribution < 1.29 is 24.9 Å². The fourth-order valence-electron chi connectivity index (χ4n) is 3.29. The molecule has 0 amide bonds. The van der Waals surface area contributed by atoms with Crippen LogP contribution in [0.3, 0.4) is 0 Å². The molecule has 0 atom stereocenters. The molecule has 158 valence electrons. The second-order valence-corrected chi connectivity index (χ2v) is 7.52. The smallest absolute Gasteiger partial charge is 0.158 e. The van der Waals surface area contributed by atoms with Crippen LogP contribution in [0.5, 0.6) is 23.0 Å². The molecular weight excluding hydrogens is 392 g/mol. The molecule has 0 saturated carbocycles. The first-order valence-corrected chi connectivity index (χ1v) is 10.5. The Hall–Kier alpha value is -2.40. The third-order valence-corrected chi connectivity index (χ3v) is 5.22. The maximum atomic E-state index is 10.7. The van der Waals surface area contributed by atoms with Crippen molar-refractivity contribution in [2.45, 2.75) is 58.3 Å². The van der Waals surface area contributed by atoms with Crippen molar-refractivity contribution >= 4 is 17.9 Å². The van der Waals surface area contributed by atoms with Gasteiger partial charge in [-0.1, -0.05) is 43.9 Å². The molecule has 2 aromatic rings. The molecule has 0 heterocycles. The van der Waals surface area contributed by atoms with Gasteiger partial charge in [0.2, 0.25) is 0 Å². The highest BCUT2D eigenvalue weighted by molar-refractivity contribution is 6.31. The van der Waals surface area contributed by atoms with E-state index in [0.717, 1.165) is 55.9 Å². The van der Waals surface area contributed by atoms with Crippen molar-refractivity contribution in [3.05, 3.63) is 46.0 Å². The summed E-state index contributed by atoms with van der Waals surface area (Å²) in [5, 5.41) is 29.8. The zero-order chi connectivity index (χ0) is 21.2. The first-order valence-electron chi connectivity index (χ1n) is 10.1. The van der Waals surface area contributed by atoms with Gasteiger partial charge in [-0.2, -0.15) is 0 Å². The Kier molecular flexibility index (Phi) is 9.13. The molecule has 0 saturated heterocycles. The largest absolute Gasteiger partial charge is 0.507 e. The molecule has 0 spiro atoms. The lowest BCUT2D eigenvalue weighted by molar-refractivity contribution is -0.107. The summed E-state index contributed by atoms with van der Waals surface area (Å²) in [6.45, 7) is 2.60. The Morgan fingerprint density at radius 1 is 0.966 bits per heavy atom. The van der Waals surface area contributed by atoms with E-state index < -0.39 is 0 Å². The number of rotatable bonds is 12. The number of ether oxygens (including phenoxy) is 1. The van der Waals surface area contributed by atoms with E-state index in [2.05, 4.69) is 0 Å². The van der Waals surface area contributed by atoms with Crippen molar-refractivity contribution in [2.75, 3.05) is 6.61 Å². The molecule has 0 aliphatic rings. The third kappa shape index (κ3) is 6.57. The minimum Gasteiger partial charge on any atom is -0.507 e. The van der Waals surface area contributed by atoms with E-state index >= 15 is 0 Å². The zero-order valence-corrected chi connectivity index (χ0v) is 17.5. The van der Waals surface area contributed by atoms with Gasteiger partial charge in [-0.25, -0.2) is 0 Å². The molecule has 2 aromatic carbocycles. The molecule has 0 bridgehead atoms. The van der Waals surface area contributed by atoms with Crippen molar-refractivity contribution in [1.82, 2.24) is 0 Å². The minimum atomic E-state index is -0.205. The number of halogens is 1. The summed E-state index contributed by atoms with van der Waals surface area (Å²) in [6.07, 6.45) is 7.09. The van der Waals surface area contributed by atoms with Gasteiger partial charge >= 0.3 is 0 Å². The third-order valence-electron chi connectivity index (χ3n) is 4.87. The number of phenols is 3. The number of hydrogen-bond acceptors (Lipinski definition) is 5. The molecule has 0 radical (unpaired) electrons. The van der Waals surface area contributed by atoms with Crippen LogP contribution in [0.4, 0.5) is 0 Å². The molecule has 29 heavy (non-hydrogen) atoms. The van der Waals surface area contributed by atoms with Crippen LogP contribution < -0.4 is 4.74 Å². The van der Waals surface area contributed by atoms with E-state index in [1.807, 2.05) is 13.0 Å². The Morgan fingerprint density at radius 2 is 1.69 bits per heavy atom. The normalized spacial score (nSPS) is 10.8. The van der Waals surface area contributed by atoms with Gasteiger partial charge in [0.1, 0.15) is 17.8 Å². The van der Waals surface area contributed by atoms with Gasteiger partial charge in [0, 0.05) is 28.6 Å². The van der Waals surface area contributed by atoms with E-state index in [9.17, 15) is 20.1 Å². The average molecular weight is 421 g/mol. The topological polar surface area (TPSA) is 87.0 Å². The van der Waals surface area contributed by atoms with Crippen molar-refractivity contribution in [1.29, 1.82) is 0 Å². The lowest BCUT2D eigenvalue weighted by Gasteiger charge is -2.15. The highest BCUT2D eigenvalue weighted by Gasteiger charge is 2.13. The molecule has 5 nitrogen and oxygen atoms in total. The molecule has 0 aliphatic heterocycles. The van der Waals surface area contributed by atoms with Crippen molar-refractivity contribution in [2.24, 2.45) is 0 Å². The average Bonchev–Trinajstić information content (AvgIpc) is 2.69. The number of unbranched alkanes of at least 4 members (excludes halogenated alkanes) is 3. The monoisotopic (exact) mass is 420 g/mol. The standard InChI is InChI=1S/C23H29ClO5/c1-2-7-18-22(10-9-16(11-12-25)23(18)28)29-13-6-4-3-5-8-17-14-20(26)21(27)15-19(17)24/h9-10,12,14-15,26-28H,2-8,11,13H2,1H3. The predicted octanol–water partition coefficient (Wildman–Crippen LogP) is 5.33. The van der Waals surface area contributed by atoms with Crippen LogP contribution >= 0.6 is 11.6 Å². The van der Waals surface area contributed by atoms with Crippen LogP contribution in [0.2, 0.25) is 5.02 Å². The van der Waals surface area contributed by atoms with Gasteiger partial charge in [-0.15, -0.1) is 0 Å². The van der Waals surface area contributed by atoms with E-state index in [4.69, 9.17) is 16.3 Å². The fraction of sp³-hybridized carbons (Fsp3) is 0.435. The van der Waals surface area contributed by atoms with E-state index in [0.29, 0.717) is 29.4 Å². The van der Waals surface area contributed by atoms with Gasteiger partial charge in [0.05, 0.1) is 6.61 Å². The number of carbonyl (C=O) groups excluding carboxylic acids is 1. The van der Waals surface area contributed by atoms with Crippen LogP contribution in [0, 0.1) is 0 Å². The van der Waals surface area contributed by atoms with Gasteiger partial charge < -0.3 is 24.9 Å². The summed E-state index contributed by atoms with van der Waals surface area (Å²) >= 11 is 6.09. The number of aromatic hydroxyl groups is 3. The van der Waals surface area contributed by atoms with Crippen LogP contribution in [0.15, 0.2) is 24.3 Å². The fourth-order valence-corrected chi connectivity index (χ4v) is 3.54. The summed E-state index contributed by atoms with van der Waals surface area (Å²) in [5.41, 5.74) is 2.23. The van der Waals surface area contributed by atoms with Crippen LogP contribution in [0.1, 0.15) is 55.7 Å². The Balaban J connectivity index is 1.77. The van der Waals surface area contributed by atoms with Gasteiger partial charge in [0.25, 0.3) is 0 Å². The van der Waals surface area contributed by atoms with E-state index in [-0.39, 0.29) is 23.7 Å². The molecule has 6 heteroatoms. The number of hydrogen-bond donors (Lipinski definition) is 3. The van der Waals surface area contributed by atoms with Crippen molar-refractivity contribution in [3.8, 4) is 23.0 Å². The molecular formula is C23H29ClO5. The second kappa shape index (κ2) is 11.6. The van der Waals surface area contributed by atoms with Crippen molar-refractivity contribution in [3.63, 3.8) is 0 Å². The quantitative estimate of drug-likeness (QED) is 0.245. The number of carbonyl (C=O) groups is 1. The number of benzene rings is 2. The SMILES string of the molecule is CCCc1c(OCCCCCCc2cc(O)c(O)cc2Cl)ccc(CC=O)c1O. The van der Waals surface area contributed by atoms with E-state index in [1.54, 1.807) is 6.07 Å². The molecule has 3 N–H and O–H groups in total. The Morgan fingerprint density at radius 3 is 2.41 bits per heavy atom. The minimum absolute atomic E-state index is 0.150. The summed E-state index contributed by atoms with van der Waals surface area (Å²) < 4.78 is 5.89. The number of aryl methyl sites for hydroxylation is 1. The van der Waals surface area contributed by atoms with Crippen LogP contribution in [-0.2, 0) is 24.1 Å². The zero-order valence-electron chi connectivity index (χ0n) is 16.8. The van der Waals surface area contributed by atoms with E-state index in [1.165, 1.54) is 12.1 Å². The molecule has 0 fully saturated rings. The summed E-state index contributed by atoms with van der Waals surface area (Å²) in [5.74, 6) is 0.502. The highest BCUT2D eigenvalue weighted by atomic mass is 35.5. The lowest BCUT2D eigenvalue weighted by Crippen LogP contribution is -2.02. The molecule has 0 aliphatic carbocycles. The highest BCUT2D eigenvalue weighted by Crippen LogP contribution is 2.33. The van der Waals surface area contributed by atoms with Gasteiger partial charge in [-0.3, -0.25) is 0 Å². The second-order valence-electron chi connectivity index (χ2n) is 7.12. The van der Waals surface area contributed by atoms with Crippen LogP contribution in [0.25, 0.3) is 0 Å². The Bertz CT molecular complexity index is 819. The van der Waals surface area contributed by atoms with Gasteiger partial charge in [-0.05, 0) is 43.4 Å². The maximum Gasteiger partial charge on any atom is 0.158 e. The van der Waals surface area contributed by atoms with Crippen LogP contribution in [-0.4, -0.2) is 28.2 Å². The molecule has 2 rings (SSSR count). The predicted molar refractivity (Wildman–Crippen MR) is 114 cm³/mol. The summed E-state index contributed by atoms with van der Waals surface area (Å²) in [7, 11) is 0. The summed E-state index contributed by atoms with van der Waals surface area (Å²) in [6, 6.07) is 6.46. The number of phenolic OH excluding ortho intramolecular Hbond substituents is 3. The van der Waals surface area contributed by atoms with Gasteiger partial charge in [0.15, 0.2) is 11.5 Å². The first kappa shape index (κ1) is 22.9. The molecule has 0 unspecified atom stereocenters.